The number of hydrogen-bond donors (Lipinski definition) is 2. The van der Waals surface area contributed by atoms with E-state index in [0.717, 1.165) is 11.3 Å². The van der Waals surface area contributed by atoms with Gasteiger partial charge in [0, 0.05) is 13.0 Å². The summed E-state index contributed by atoms with van der Waals surface area (Å²) in [7, 11) is 3.15. The van der Waals surface area contributed by atoms with E-state index in [0.29, 0.717) is 17.9 Å². The third-order valence-corrected chi connectivity index (χ3v) is 3.84. The predicted molar refractivity (Wildman–Crippen MR) is 98.8 cm³/mol. The van der Waals surface area contributed by atoms with E-state index < -0.39 is 5.60 Å². The SMILES string of the molecule is COc1ccc(C[C@@](C)(O)CNC(=O)COc2ccccc2OC)cc1. The summed E-state index contributed by atoms with van der Waals surface area (Å²) in [5, 5.41) is 13.2. The van der Waals surface area contributed by atoms with E-state index in [1.54, 1.807) is 39.3 Å². The van der Waals surface area contributed by atoms with Crippen LogP contribution in [0.3, 0.4) is 0 Å². The van der Waals surface area contributed by atoms with Gasteiger partial charge in [0.1, 0.15) is 5.75 Å². The lowest BCUT2D eigenvalue weighted by Crippen LogP contribution is -2.43. The fraction of sp³-hybridized carbons (Fsp3) is 0.350. The summed E-state index contributed by atoms with van der Waals surface area (Å²) in [4.78, 5) is 12.0. The minimum atomic E-state index is -1.07. The summed E-state index contributed by atoms with van der Waals surface area (Å²) < 4.78 is 15.8. The van der Waals surface area contributed by atoms with Gasteiger partial charge in [-0.25, -0.2) is 0 Å². The van der Waals surface area contributed by atoms with E-state index in [-0.39, 0.29) is 19.1 Å². The molecule has 2 aromatic carbocycles. The van der Waals surface area contributed by atoms with Crippen LogP contribution in [0, 0.1) is 0 Å². The third kappa shape index (κ3) is 5.97. The van der Waals surface area contributed by atoms with E-state index in [2.05, 4.69) is 5.32 Å². The normalized spacial score (nSPS) is 12.8. The molecule has 0 aromatic heterocycles. The minimum absolute atomic E-state index is 0.118. The van der Waals surface area contributed by atoms with Gasteiger partial charge in [0.15, 0.2) is 18.1 Å². The van der Waals surface area contributed by atoms with Crippen LogP contribution in [0.5, 0.6) is 17.2 Å². The molecule has 0 bridgehead atoms. The van der Waals surface area contributed by atoms with Crippen molar-refractivity contribution < 1.29 is 24.1 Å². The number of amides is 1. The van der Waals surface area contributed by atoms with Crippen molar-refractivity contribution in [2.75, 3.05) is 27.4 Å². The zero-order chi connectivity index (χ0) is 19.0. The molecule has 0 aliphatic heterocycles. The zero-order valence-electron chi connectivity index (χ0n) is 15.3. The van der Waals surface area contributed by atoms with Crippen LogP contribution in [0.15, 0.2) is 48.5 Å². The Bertz CT molecular complexity index is 712. The molecule has 0 aliphatic rings. The number of aliphatic hydroxyl groups is 1. The van der Waals surface area contributed by atoms with Gasteiger partial charge in [0.05, 0.1) is 19.8 Å². The van der Waals surface area contributed by atoms with Crippen LogP contribution >= 0.6 is 0 Å². The van der Waals surface area contributed by atoms with Gasteiger partial charge in [-0.2, -0.15) is 0 Å². The second kappa shape index (κ2) is 9.10. The fourth-order valence-corrected chi connectivity index (χ4v) is 2.47. The molecule has 0 aliphatic carbocycles. The molecule has 26 heavy (non-hydrogen) atoms. The highest BCUT2D eigenvalue weighted by molar-refractivity contribution is 5.77. The van der Waals surface area contributed by atoms with Crippen molar-refractivity contribution in [1.29, 1.82) is 0 Å². The van der Waals surface area contributed by atoms with E-state index in [4.69, 9.17) is 14.2 Å². The Morgan fingerprint density at radius 2 is 1.69 bits per heavy atom. The largest absolute Gasteiger partial charge is 0.497 e. The highest BCUT2D eigenvalue weighted by Crippen LogP contribution is 2.25. The van der Waals surface area contributed by atoms with Gasteiger partial charge >= 0.3 is 0 Å². The Morgan fingerprint density at radius 1 is 1.04 bits per heavy atom. The van der Waals surface area contributed by atoms with E-state index in [1.807, 2.05) is 30.3 Å². The highest BCUT2D eigenvalue weighted by atomic mass is 16.5. The van der Waals surface area contributed by atoms with Crippen molar-refractivity contribution in [2.45, 2.75) is 18.9 Å². The molecule has 0 spiro atoms. The summed E-state index contributed by atoms with van der Waals surface area (Å²) in [6, 6.07) is 14.6. The Hall–Kier alpha value is -2.73. The first-order chi connectivity index (χ1) is 12.4. The molecule has 140 valence electrons. The van der Waals surface area contributed by atoms with Gasteiger partial charge in [-0.1, -0.05) is 24.3 Å². The first-order valence-electron chi connectivity index (χ1n) is 8.31. The maximum atomic E-state index is 12.0. The van der Waals surface area contributed by atoms with Crippen LogP contribution in [0.4, 0.5) is 0 Å². The number of benzene rings is 2. The highest BCUT2D eigenvalue weighted by Gasteiger charge is 2.22. The van der Waals surface area contributed by atoms with Crippen LogP contribution in [0.1, 0.15) is 12.5 Å². The molecule has 0 fully saturated rings. The van der Waals surface area contributed by atoms with Crippen LogP contribution in [-0.4, -0.2) is 44.0 Å². The fourth-order valence-electron chi connectivity index (χ4n) is 2.47. The van der Waals surface area contributed by atoms with E-state index in [9.17, 15) is 9.90 Å². The number of carbonyl (C=O) groups is 1. The summed E-state index contributed by atoms with van der Waals surface area (Å²) in [6.45, 7) is 1.64. The molecule has 1 atom stereocenters. The molecule has 6 heteroatoms. The van der Waals surface area contributed by atoms with E-state index in [1.165, 1.54) is 0 Å². The third-order valence-electron chi connectivity index (χ3n) is 3.84. The Labute approximate surface area is 153 Å². The summed E-state index contributed by atoms with van der Waals surface area (Å²) in [5.41, 5.74) is -0.121. The first-order valence-corrected chi connectivity index (χ1v) is 8.31. The quantitative estimate of drug-likeness (QED) is 0.718. The molecule has 0 unspecified atom stereocenters. The molecule has 2 N–H and O–H groups in total. The number of methoxy groups -OCH3 is 2. The van der Waals surface area contributed by atoms with Crippen LogP contribution in [-0.2, 0) is 11.2 Å². The molecule has 2 rings (SSSR count). The smallest absolute Gasteiger partial charge is 0.258 e. The average molecular weight is 359 g/mol. The lowest BCUT2D eigenvalue weighted by molar-refractivity contribution is -0.124. The van der Waals surface area contributed by atoms with Gasteiger partial charge in [-0.3, -0.25) is 4.79 Å². The van der Waals surface area contributed by atoms with Crippen LogP contribution < -0.4 is 19.5 Å². The van der Waals surface area contributed by atoms with Crippen molar-refractivity contribution >= 4 is 5.91 Å². The van der Waals surface area contributed by atoms with Gasteiger partial charge in [-0.05, 0) is 36.8 Å². The maximum Gasteiger partial charge on any atom is 0.258 e. The average Bonchev–Trinajstić information content (AvgIpc) is 2.65. The van der Waals surface area contributed by atoms with Gasteiger partial charge in [0.25, 0.3) is 5.91 Å². The van der Waals surface area contributed by atoms with Crippen LogP contribution in [0.25, 0.3) is 0 Å². The Morgan fingerprint density at radius 3 is 2.31 bits per heavy atom. The van der Waals surface area contributed by atoms with Crippen molar-refractivity contribution in [3.05, 3.63) is 54.1 Å². The second-order valence-corrected chi connectivity index (χ2v) is 6.24. The first kappa shape index (κ1) is 19.6. The van der Waals surface area contributed by atoms with Gasteiger partial charge in [0.2, 0.25) is 0 Å². The Kier molecular flexibility index (Phi) is 6.86. The van der Waals surface area contributed by atoms with Crippen molar-refractivity contribution in [3.8, 4) is 17.2 Å². The summed E-state index contributed by atoms with van der Waals surface area (Å²) >= 11 is 0. The summed E-state index contributed by atoms with van der Waals surface area (Å²) in [5.74, 6) is 1.50. The topological polar surface area (TPSA) is 77.0 Å². The van der Waals surface area contributed by atoms with Crippen molar-refractivity contribution in [2.24, 2.45) is 0 Å². The van der Waals surface area contributed by atoms with Gasteiger partial charge < -0.3 is 24.6 Å². The number of para-hydroxylation sites is 2. The lowest BCUT2D eigenvalue weighted by Gasteiger charge is -2.24. The molecule has 0 saturated heterocycles. The monoisotopic (exact) mass is 359 g/mol. The maximum absolute atomic E-state index is 12.0. The number of hydrogen-bond acceptors (Lipinski definition) is 5. The Balaban J connectivity index is 1.81. The number of carbonyl (C=O) groups excluding carboxylic acids is 1. The standard InChI is InChI=1S/C20H25NO5/c1-20(23,12-15-8-10-16(24-2)11-9-15)14-21-19(22)13-26-18-7-5-4-6-17(18)25-3/h4-11,23H,12-14H2,1-3H3,(H,21,22)/t20-/m1/s1. The number of nitrogens with one attached hydrogen (secondary N) is 1. The van der Waals surface area contributed by atoms with Crippen molar-refractivity contribution in [3.63, 3.8) is 0 Å². The van der Waals surface area contributed by atoms with Gasteiger partial charge in [-0.15, -0.1) is 0 Å². The molecule has 0 saturated carbocycles. The molecule has 0 radical (unpaired) electrons. The predicted octanol–water partition coefficient (Wildman–Crippen LogP) is 2.19. The second-order valence-electron chi connectivity index (χ2n) is 6.24. The van der Waals surface area contributed by atoms with E-state index >= 15 is 0 Å². The molecule has 2 aromatic rings. The number of rotatable bonds is 9. The van der Waals surface area contributed by atoms with Crippen molar-refractivity contribution in [1.82, 2.24) is 5.32 Å². The summed E-state index contributed by atoms with van der Waals surface area (Å²) in [6.07, 6.45) is 0.407. The molecular weight excluding hydrogens is 334 g/mol. The zero-order valence-corrected chi connectivity index (χ0v) is 15.3. The van der Waals surface area contributed by atoms with Crippen LogP contribution in [0.2, 0.25) is 0 Å². The molecule has 1 amide bonds. The number of ether oxygens (including phenoxy) is 3. The molecule has 6 nitrogen and oxygen atoms in total. The molecule has 0 heterocycles. The lowest BCUT2D eigenvalue weighted by atomic mass is 9.96. The minimum Gasteiger partial charge on any atom is -0.497 e. The molecular formula is C20H25NO5.